The normalized spacial score (nSPS) is 20.3. The molecule has 1 aromatic heterocycles. The summed E-state index contributed by atoms with van der Waals surface area (Å²) in [5.41, 5.74) is -1.09. The molecule has 1 aromatic carbocycles. The number of non-ortho nitro benzene ring substituents is 1. The van der Waals surface area contributed by atoms with Gasteiger partial charge in [0.15, 0.2) is 0 Å². The van der Waals surface area contributed by atoms with Gasteiger partial charge in [-0.1, -0.05) is 11.3 Å². The zero-order chi connectivity index (χ0) is 19.9. The lowest BCUT2D eigenvalue weighted by atomic mass is 9.90. The molecule has 1 amide bonds. The minimum atomic E-state index is -1.16. The first kappa shape index (κ1) is 18.7. The van der Waals surface area contributed by atoms with Crippen LogP contribution in [0.2, 0.25) is 0 Å². The molecular weight excluding hydrogens is 378 g/mol. The maximum atomic E-state index is 12.5. The number of thiophene rings is 1. The second-order valence-electron chi connectivity index (χ2n) is 6.48. The smallest absolute Gasteiger partial charge is 0.328 e. The Hall–Kier alpha value is -3.05. The van der Waals surface area contributed by atoms with Gasteiger partial charge in [0.2, 0.25) is 0 Å². The molecule has 3 rings (SSSR count). The zero-order valence-corrected chi connectivity index (χ0v) is 15.1. The fourth-order valence-electron chi connectivity index (χ4n) is 2.75. The Labute approximate surface area is 156 Å². The maximum absolute atomic E-state index is 12.5. The van der Waals surface area contributed by atoms with E-state index in [4.69, 9.17) is 4.74 Å². The highest BCUT2D eigenvalue weighted by atomic mass is 32.1. The Balaban J connectivity index is 1.91. The predicted molar refractivity (Wildman–Crippen MR) is 95.0 cm³/mol. The number of rotatable bonds is 4. The molecule has 0 saturated heterocycles. The van der Waals surface area contributed by atoms with Gasteiger partial charge in [0.05, 0.1) is 26.8 Å². The third-order valence-corrected chi connectivity index (χ3v) is 5.35. The Kier molecular flexibility index (Phi) is 4.57. The number of fused-ring (bicyclic) bond motifs is 1. The van der Waals surface area contributed by atoms with Crippen LogP contribution in [0.25, 0.3) is 0 Å². The molecule has 27 heavy (non-hydrogen) atoms. The van der Waals surface area contributed by atoms with E-state index in [-0.39, 0.29) is 22.0 Å². The third-order valence-electron chi connectivity index (χ3n) is 4.20. The van der Waals surface area contributed by atoms with Crippen molar-refractivity contribution in [2.45, 2.75) is 31.6 Å². The summed E-state index contributed by atoms with van der Waals surface area (Å²) in [7, 11) is 0. The fourth-order valence-corrected chi connectivity index (χ4v) is 3.74. The average molecular weight is 393 g/mol. The highest BCUT2D eigenvalue weighted by Crippen LogP contribution is 2.47. The van der Waals surface area contributed by atoms with E-state index in [9.17, 15) is 30.1 Å². The van der Waals surface area contributed by atoms with Crippen molar-refractivity contribution in [3.05, 3.63) is 61.0 Å². The van der Waals surface area contributed by atoms with Crippen molar-refractivity contribution in [1.82, 2.24) is 5.32 Å². The second-order valence-corrected chi connectivity index (χ2v) is 7.54. The third kappa shape index (κ3) is 3.46. The lowest BCUT2D eigenvalue weighted by Gasteiger charge is -2.40. The van der Waals surface area contributed by atoms with Gasteiger partial charge in [-0.25, -0.2) is 0 Å². The number of amides is 1. The van der Waals surface area contributed by atoms with Gasteiger partial charge >= 0.3 is 5.00 Å². The van der Waals surface area contributed by atoms with E-state index < -0.39 is 33.5 Å². The van der Waals surface area contributed by atoms with Crippen LogP contribution in [-0.2, 0) is 0 Å². The van der Waals surface area contributed by atoms with Crippen LogP contribution >= 0.6 is 11.3 Å². The van der Waals surface area contributed by atoms with E-state index >= 15 is 0 Å². The number of nitro benzene ring substituents is 1. The lowest BCUT2D eigenvalue weighted by molar-refractivity contribution is -0.384. The van der Waals surface area contributed by atoms with Crippen LogP contribution in [0.5, 0.6) is 5.75 Å². The van der Waals surface area contributed by atoms with E-state index in [0.29, 0.717) is 4.88 Å². The summed E-state index contributed by atoms with van der Waals surface area (Å²) in [5.74, 6) is -0.343. The van der Waals surface area contributed by atoms with Gasteiger partial charge in [-0.2, -0.15) is 0 Å². The molecule has 10 nitrogen and oxygen atoms in total. The van der Waals surface area contributed by atoms with Crippen LogP contribution in [0.3, 0.4) is 0 Å². The van der Waals surface area contributed by atoms with Crippen molar-refractivity contribution >= 4 is 27.9 Å². The molecule has 2 N–H and O–H groups in total. The number of nitrogens with zero attached hydrogens (tertiary/aromatic N) is 2. The summed E-state index contributed by atoms with van der Waals surface area (Å²) in [6.07, 6.45) is -1.16. The van der Waals surface area contributed by atoms with Crippen LogP contribution in [0.15, 0.2) is 30.3 Å². The predicted octanol–water partition coefficient (Wildman–Crippen LogP) is 2.57. The lowest BCUT2D eigenvalue weighted by Crippen LogP contribution is -2.53. The Morgan fingerprint density at radius 3 is 2.41 bits per heavy atom. The molecule has 0 bridgehead atoms. The first-order valence-corrected chi connectivity index (χ1v) is 8.62. The Bertz CT molecular complexity index is 923. The summed E-state index contributed by atoms with van der Waals surface area (Å²) in [6, 6.07) is 5.31. The number of hydrogen-bond donors (Lipinski definition) is 2. The molecule has 1 aliphatic rings. The van der Waals surface area contributed by atoms with Gasteiger partial charge < -0.3 is 15.2 Å². The van der Waals surface area contributed by atoms with Crippen LogP contribution < -0.4 is 10.1 Å². The molecule has 11 heteroatoms. The van der Waals surface area contributed by atoms with E-state index in [2.05, 4.69) is 5.32 Å². The monoisotopic (exact) mass is 393 g/mol. The van der Waals surface area contributed by atoms with Gasteiger partial charge in [-0.15, -0.1) is 0 Å². The highest BCUT2D eigenvalue weighted by molar-refractivity contribution is 7.15. The van der Waals surface area contributed by atoms with Crippen molar-refractivity contribution in [1.29, 1.82) is 0 Å². The molecule has 0 aliphatic carbocycles. The van der Waals surface area contributed by atoms with Crippen molar-refractivity contribution in [2.75, 3.05) is 0 Å². The highest BCUT2D eigenvalue weighted by Gasteiger charge is 2.46. The van der Waals surface area contributed by atoms with Gasteiger partial charge in [-0.05, 0) is 26.0 Å². The van der Waals surface area contributed by atoms with Gasteiger partial charge in [0.25, 0.3) is 11.6 Å². The summed E-state index contributed by atoms with van der Waals surface area (Å²) < 4.78 is 5.65. The zero-order valence-electron chi connectivity index (χ0n) is 14.2. The largest absolute Gasteiger partial charge is 0.484 e. The van der Waals surface area contributed by atoms with Gasteiger partial charge in [0.1, 0.15) is 17.5 Å². The van der Waals surface area contributed by atoms with Crippen molar-refractivity contribution in [3.8, 4) is 5.75 Å². The van der Waals surface area contributed by atoms with Crippen LogP contribution in [0.4, 0.5) is 10.7 Å². The number of benzene rings is 1. The first-order valence-electron chi connectivity index (χ1n) is 7.80. The van der Waals surface area contributed by atoms with Crippen LogP contribution in [0.1, 0.15) is 35.1 Å². The van der Waals surface area contributed by atoms with E-state index in [0.717, 1.165) is 11.3 Å². The number of aliphatic hydroxyl groups excluding tert-OH is 1. The van der Waals surface area contributed by atoms with E-state index in [1.807, 2.05) is 0 Å². The quantitative estimate of drug-likeness (QED) is 0.600. The summed E-state index contributed by atoms with van der Waals surface area (Å²) in [4.78, 5) is 33.5. The maximum Gasteiger partial charge on any atom is 0.328 e. The number of aliphatic hydroxyl groups is 1. The summed E-state index contributed by atoms with van der Waals surface area (Å²) in [5, 5.41) is 34.9. The molecular formula is C16H15N3O7S. The first-order chi connectivity index (χ1) is 12.6. The number of hydrogen-bond acceptors (Lipinski definition) is 8. The summed E-state index contributed by atoms with van der Waals surface area (Å²) in [6.45, 7) is 3.21. The average Bonchev–Trinajstić information content (AvgIpc) is 3.02. The SMILES string of the molecule is CC1(C)Oc2cc([N+](=O)[O-])sc2C(NC(=O)c2ccc([N+](=O)[O-])cc2)C1O. The molecule has 2 unspecified atom stereocenters. The molecule has 1 aliphatic heterocycles. The molecule has 0 radical (unpaired) electrons. The Morgan fingerprint density at radius 1 is 1.22 bits per heavy atom. The molecule has 0 saturated carbocycles. The fraction of sp³-hybridized carbons (Fsp3) is 0.312. The standard InChI is InChI=1S/C16H15N3O7S/c1-16(2)14(20)12(13-10(26-16)7-11(27-13)19(24)25)17-15(21)8-3-5-9(6-4-8)18(22)23/h3-7,12,14,20H,1-2H3,(H,17,21). The Morgan fingerprint density at radius 2 is 1.85 bits per heavy atom. The van der Waals surface area contributed by atoms with Crippen LogP contribution in [-0.4, -0.2) is 32.6 Å². The number of carbonyl (C=O) groups excluding carboxylic acids is 1. The molecule has 0 fully saturated rings. The number of ether oxygens (including phenoxy) is 1. The van der Waals surface area contributed by atoms with Gasteiger partial charge in [-0.3, -0.25) is 25.0 Å². The van der Waals surface area contributed by atoms with Crippen molar-refractivity contribution < 1.29 is 24.5 Å². The molecule has 2 aromatic rings. The number of nitrogens with one attached hydrogen (secondary N) is 1. The van der Waals surface area contributed by atoms with Crippen molar-refractivity contribution in [2.24, 2.45) is 0 Å². The van der Waals surface area contributed by atoms with Crippen molar-refractivity contribution in [3.63, 3.8) is 0 Å². The van der Waals surface area contributed by atoms with E-state index in [1.165, 1.54) is 30.3 Å². The van der Waals surface area contributed by atoms with Gasteiger partial charge in [0, 0.05) is 17.7 Å². The van der Waals surface area contributed by atoms with E-state index in [1.54, 1.807) is 13.8 Å². The molecule has 2 atom stereocenters. The topological polar surface area (TPSA) is 145 Å². The summed E-state index contributed by atoms with van der Waals surface area (Å²) >= 11 is 0.811. The number of nitro groups is 2. The minimum absolute atomic E-state index is 0.157. The number of carbonyl (C=O) groups is 1. The molecule has 0 spiro atoms. The second kappa shape index (κ2) is 6.59. The molecule has 2 heterocycles. The van der Waals surface area contributed by atoms with Crippen LogP contribution in [0, 0.1) is 20.2 Å². The molecule has 142 valence electrons. The minimum Gasteiger partial charge on any atom is -0.484 e.